The number of pyridine rings is 1. The van der Waals surface area contributed by atoms with Gasteiger partial charge in [0, 0.05) is 29.1 Å². The van der Waals surface area contributed by atoms with Crippen LogP contribution in [-0.4, -0.2) is 37.1 Å². The molecule has 6 nitrogen and oxygen atoms in total. The SMILES string of the molecule is OB(O)c1cccc(-c2nc(-c3ccccc3)nc(-c3ccc(-c4cccnc4)cc3)n2)c1. The van der Waals surface area contributed by atoms with Gasteiger partial charge in [0.1, 0.15) is 0 Å². The molecular formula is C26H19BN4O2. The fourth-order valence-electron chi connectivity index (χ4n) is 3.53. The molecule has 3 aromatic carbocycles. The molecule has 0 aliphatic heterocycles. The van der Waals surface area contributed by atoms with Gasteiger partial charge in [-0.05, 0) is 22.7 Å². The molecular weight excluding hydrogens is 411 g/mol. The summed E-state index contributed by atoms with van der Waals surface area (Å²) in [5.74, 6) is 1.53. The zero-order valence-electron chi connectivity index (χ0n) is 17.6. The predicted molar refractivity (Wildman–Crippen MR) is 129 cm³/mol. The topological polar surface area (TPSA) is 92.0 Å². The molecule has 0 saturated carbocycles. The fourth-order valence-corrected chi connectivity index (χ4v) is 3.53. The highest BCUT2D eigenvalue weighted by Gasteiger charge is 2.15. The Morgan fingerprint density at radius 3 is 1.73 bits per heavy atom. The van der Waals surface area contributed by atoms with E-state index in [9.17, 15) is 10.0 Å². The van der Waals surface area contributed by atoms with Crippen molar-refractivity contribution in [3.63, 3.8) is 0 Å². The number of rotatable bonds is 5. The van der Waals surface area contributed by atoms with E-state index in [0.29, 0.717) is 28.5 Å². The lowest BCUT2D eigenvalue weighted by Crippen LogP contribution is -2.29. The first-order chi connectivity index (χ1) is 16.2. The maximum Gasteiger partial charge on any atom is 0.488 e. The van der Waals surface area contributed by atoms with Gasteiger partial charge >= 0.3 is 7.12 Å². The van der Waals surface area contributed by atoms with Crippen molar-refractivity contribution < 1.29 is 10.0 Å². The van der Waals surface area contributed by atoms with Crippen molar-refractivity contribution in [3.8, 4) is 45.3 Å². The third-order valence-electron chi connectivity index (χ3n) is 5.25. The van der Waals surface area contributed by atoms with E-state index in [1.54, 1.807) is 24.4 Å². The zero-order chi connectivity index (χ0) is 22.6. The Balaban J connectivity index is 1.61. The standard InChI is InChI=1S/C26H19BN4O2/c32-27(33)23-10-4-8-21(16-23)26-30-24(19-6-2-1-3-7-19)29-25(31-26)20-13-11-18(12-14-20)22-9-5-15-28-17-22/h1-17,32-33H. The number of nitrogens with zero attached hydrogens (tertiary/aromatic N) is 4. The van der Waals surface area contributed by atoms with Crippen LogP contribution in [0.5, 0.6) is 0 Å². The quantitative estimate of drug-likeness (QED) is 0.414. The van der Waals surface area contributed by atoms with Crippen LogP contribution in [-0.2, 0) is 0 Å². The molecule has 0 aliphatic rings. The smallest absolute Gasteiger partial charge is 0.423 e. The largest absolute Gasteiger partial charge is 0.488 e. The van der Waals surface area contributed by atoms with Gasteiger partial charge in [-0.15, -0.1) is 0 Å². The molecule has 0 saturated heterocycles. The minimum Gasteiger partial charge on any atom is -0.423 e. The van der Waals surface area contributed by atoms with Crippen molar-refractivity contribution in [2.45, 2.75) is 0 Å². The minimum atomic E-state index is -1.57. The molecule has 0 fully saturated rings. The first-order valence-corrected chi connectivity index (χ1v) is 10.5. The maximum atomic E-state index is 9.58. The Kier molecular flexibility index (Phi) is 5.72. The molecule has 0 aliphatic carbocycles. The van der Waals surface area contributed by atoms with Crippen LogP contribution < -0.4 is 5.46 Å². The number of hydrogen-bond acceptors (Lipinski definition) is 6. The van der Waals surface area contributed by atoms with E-state index in [2.05, 4.69) is 9.97 Å². The summed E-state index contributed by atoms with van der Waals surface area (Å²) >= 11 is 0. The highest BCUT2D eigenvalue weighted by molar-refractivity contribution is 6.58. The van der Waals surface area contributed by atoms with Gasteiger partial charge < -0.3 is 10.0 Å². The van der Waals surface area contributed by atoms with Gasteiger partial charge in [-0.25, -0.2) is 15.0 Å². The van der Waals surface area contributed by atoms with Crippen molar-refractivity contribution in [1.82, 2.24) is 19.9 Å². The average Bonchev–Trinajstić information content (AvgIpc) is 2.89. The van der Waals surface area contributed by atoms with E-state index >= 15 is 0 Å². The van der Waals surface area contributed by atoms with Crippen LogP contribution in [0.2, 0.25) is 0 Å². The van der Waals surface area contributed by atoms with Crippen molar-refractivity contribution in [1.29, 1.82) is 0 Å². The van der Waals surface area contributed by atoms with Crippen LogP contribution in [0.15, 0.2) is 103 Å². The lowest BCUT2D eigenvalue weighted by molar-refractivity contribution is 0.426. The maximum absolute atomic E-state index is 9.58. The van der Waals surface area contributed by atoms with Crippen LogP contribution in [0, 0.1) is 0 Å². The van der Waals surface area contributed by atoms with Gasteiger partial charge in [-0.1, -0.05) is 84.9 Å². The van der Waals surface area contributed by atoms with E-state index in [-0.39, 0.29) is 0 Å². The van der Waals surface area contributed by atoms with Gasteiger partial charge in [-0.3, -0.25) is 4.98 Å². The fraction of sp³-hybridized carbons (Fsp3) is 0. The Hall–Kier alpha value is -4.20. The number of aromatic nitrogens is 4. The number of hydrogen-bond donors (Lipinski definition) is 2. The molecule has 0 atom stereocenters. The van der Waals surface area contributed by atoms with E-state index in [1.807, 2.05) is 79.0 Å². The molecule has 33 heavy (non-hydrogen) atoms. The van der Waals surface area contributed by atoms with Gasteiger partial charge in [0.2, 0.25) is 0 Å². The van der Waals surface area contributed by atoms with Crippen molar-refractivity contribution in [2.24, 2.45) is 0 Å². The molecule has 0 bridgehead atoms. The molecule has 0 unspecified atom stereocenters. The Bertz CT molecular complexity index is 1380. The predicted octanol–water partition coefficient (Wildman–Crippen LogP) is 3.61. The van der Waals surface area contributed by atoms with Crippen molar-refractivity contribution >= 4 is 12.6 Å². The monoisotopic (exact) mass is 430 g/mol. The summed E-state index contributed by atoms with van der Waals surface area (Å²) in [6.45, 7) is 0. The van der Waals surface area contributed by atoms with Gasteiger partial charge in [0.15, 0.2) is 17.5 Å². The molecule has 2 N–H and O–H groups in total. The highest BCUT2D eigenvalue weighted by atomic mass is 16.4. The molecule has 2 heterocycles. The molecule has 5 aromatic rings. The Morgan fingerprint density at radius 1 is 0.515 bits per heavy atom. The van der Waals surface area contributed by atoms with Crippen LogP contribution in [0.25, 0.3) is 45.3 Å². The first-order valence-electron chi connectivity index (χ1n) is 10.5. The second kappa shape index (κ2) is 9.12. The van der Waals surface area contributed by atoms with Crippen LogP contribution in [0.1, 0.15) is 0 Å². The molecule has 5 rings (SSSR count). The zero-order valence-corrected chi connectivity index (χ0v) is 17.6. The summed E-state index contributed by atoms with van der Waals surface area (Å²) in [5, 5.41) is 19.2. The summed E-state index contributed by atoms with van der Waals surface area (Å²) in [6, 6.07) is 28.5. The Labute approximate surface area is 191 Å². The van der Waals surface area contributed by atoms with Crippen molar-refractivity contribution in [3.05, 3.63) is 103 Å². The van der Waals surface area contributed by atoms with E-state index in [1.165, 1.54) is 0 Å². The Morgan fingerprint density at radius 2 is 1.09 bits per heavy atom. The van der Waals surface area contributed by atoms with Crippen LogP contribution >= 0.6 is 0 Å². The second-order valence-corrected chi connectivity index (χ2v) is 7.49. The van der Waals surface area contributed by atoms with Crippen molar-refractivity contribution in [2.75, 3.05) is 0 Å². The molecule has 158 valence electrons. The number of benzene rings is 3. The molecule has 7 heteroatoms. The average molecular weight is 430 g/mol. The van der Waals surface area contributed by atoms with Crippen LogP contribution in [0.4, 0.5) is 0 Å². The second-order valence-electron chi connectivity index (χ2n) is 7.49. The molecule has 2 aromatic heterocycles. The molecule has 0 amide bonds. The summed E-state index contributed by atoms with van der Waals surface area (Å²) in [4.78, 5) is 18.3. The highest BCUT2D eigenvalue weighted by Crippen LogP contribution is 2.26. The summed E-state index contributed by atoms with van der Waals surface area (Å²) in [6.07, 6.45) is 3.58. The third kappa shape index (κ3) is 4.55. The van der Waals surface area contributed by atoms with Gasteiger partial charge in [0.05, 0.1) is 0 Å². The summed E-state index contributed by atoms with van der Waals surface area (Å²) in [7, 11) is -1.57. The first kappa shape index (κ1) is 20.7. The normalized spacial score (nSPS) is 10.7. The summed E-state index contributed by atoms with van der Waals surface area (Å²) < 4.78 is 0. The summed E-state index contributed by atoms with van der Waals surface area (Å²) in [5.41, 5.74) is 4.85. The molecule has 0 radical (unpaired) electrons. The van der Waals surface area contributed by atoms with E-state index in [0.717, 1.165) is 22.3 Å². The van der Waals surface area contributed by atoms with Gasteiger partial charge in [-0.2, -0.15) is 0 Å². The lowest BCUT2D eigenvalue weighted by Gasteiger charge is -2.10. The van der Waals surface area contributed by atoms with E-state index in [4.69, 9.17) is 9.97 Å². The molecule has 0 spiro atoms. The van der Waals surface area contributed by atoms with Crippen LogP contribution in [0.3, 0.4) is 0 Å². The van der Waals surface area contributed by atoms with Gasteiger partial charge in [0.25, 0.3) is 0 Å². The van der Waals surface area contributed by atoms with E-state index < -0.39 is 7.12 Å². The lowest BCUT2D eigenvalue weighted by atomic mass is 9.79. The third-order valence-corrected chi connectivity index (χ3v) is 5.25. The minimum absolute atomic E-state index is 0.372.